The number of nitrogens with zero attached hydrogens (tertiary/aromatic N) is 2. The molecule has 0 atom stereocenters. The molecule has 1 aromatic heterocycles. The monoisotopic (exact) mass is 282 g/mol. The highest BCUT2D eigenvalue weighted by atomic mass is 32.1. The van der Waals surface area contributed by atoms with E-state index in [4.69, 9.17) is 0 Å². The lowest BCUT2D eigenvalue weighted by molar-refractivity contribution is -0.136. The summed E-state index contributed by atoms with van der Waals surface area (Å²) in [5.41, 5.74) is 0. The SMILES string of the molecule is Cc1nnc(NC(=O)C(=O)NC2CCCCCC2)s1. The van der Waals surface area contributed by atoms with Crippen LogP contribution in [0.15, 0.2) is 0 Å². The molecule has 6 nitrogen and oxygen atoms in total. The van der Waals surface area contributed by atoms with Crippen LogP contribution in [0.25, 0.3) is 0 Å². The third kappa shape index (κ3) is 4.27. The van der Waals surface area contributed by atoms with Crippen LogP contribution < -0.4 is 10.6 Å². The number of carbonyl (C=O) groups excluding carboxylic acids is 2. The first-order valence-corrected chi connectivity index (χ1v) is 7.39. The van der Waals surface area contributed by atoms with Crippen LogP contribution in [-0.2, 0) is 9.59 Å². The molecule has 104 valence electrons. The molecule has 1 fully saturated rings. The second kappa shape index (κ2) is 6.60. The zero-order valence-electron chi connectivity index (χ0n) is 10.9. The molecule has 0 bridgehead atoms. The maximum absolute atomic E-state index is 11.8. The molecule has 0 radical (unpaired) electrons. The first-order valence-electron chi connectivity index (χ1n) is 6.57. The summed E-state index contributed by atoms with van der Waals surface area (Å²) in [7, 11) is 0. The van der Waals surface area contributed by atoms with Gasteiger partial charge in [0.15, 0.2) is 0 Å². The number of anilines is 1. The molecule has 1 aromatic rings. The lowest BCUT2D eigenvalue weighted by Gasteiger charge is -2.15. The Hall–Kier alpha value is -1.50. The number of nitrogens with one attached hydrogen (secondary N) is 2. The van der Waals surface area contributed by atoms with Gasteiger partial charge in [-0.2, -0.15) is 0 Å². The molecule has 2 rings (SSSR count). The van der Waals surface area contributed by atoms with Gasteiger partial charge in [0.25, 0.3) is 0 Å². The third-order valence-corrected chi connectivity index (χ3v) is 3.90. The van der Waals surface area contributed by atoms with Gasteiger partial charge in [0.1, 0.15) is 5.01 Å². The van der Waals surface area contributed by atoms with E-state index in [2.05, 4.69) is 20.8 Å². The van der Waals surface area contributed by atoms with Crippen LogP contribution in [0.3, 0.4) is 0 Å². The fraction of sp³-hybridized carbons (Fsp3) is 0.667. The number of aryl methyl sites for hydroxylation is 1. The van der Waals surface area contributed by atoms with Gasteiger partial charge in [-0.3, -0.25) is 14.9 Å². The van der Waals surface area contributed by atoms with Crippen LogP contribution in [0.5, 0.6) is 0 Å². The quantitative estimate of drug-likeness (QED) is 0.638. The van der Waals surface area contributed by atoms with Crippen molar-refractivity contribution in [2.75, 3.05) is 5.32 Å². The Kier molecular flexibility index (Phi) is 4.84. The van der Waals surface area contributed by atoms with Gasteiger partial charge in [-0.05, 0) is 19.8 Å². The standard InChI is InChI=1S/C12H18N4O2S/c1-8-15-16-12(19-8)14-11(18)10(17)13-9-6-4-2-3-5-7-9/h9H,2-7H2,1H3,(H,13,17)(H,14,16,18). The van der Waals surface area contributed by atoms with Crippen LogP contribution in [0.1, 0.15) is 43.5 Å². The molecule has 0 aromatic carbocycles. The Labute approximate surface area is 116 Å². The molecule has 1 heterocycles. The van der Waals surface area contributed by atoms with Crippen molar-refractivity contribution in [1.82, 2.24) is 15.5 Å². The van der Waals surface area contributed by atoms with Crippen molar-refractivity contribution in [3.8, 4) is 0 Å². The summed E-state index contributed by atoms with van der Waals surface area (Å²) >= 11 is 1.25. The molecule has 2 amide bonds. The highest BCUT2D eigenvalue weighted by Gasteiger charge is 2.20. The average Bonchev–Trinajstić information content (AvgIpc) is 2.64. The zero-order chi connectivity index (χ0) is 13.7. The third-order valence-electron chi connectivity index (χ3n) is 3.14. The normalized spacial score (nSPS) is 16.7. The Morgan fingerprint density at radius 3 is 2.37 bits per heavy atom. The van der Waals surface area contributed by atoms with E-state index in [1.54, 1.807) is 6.92 Å². The minimum Gasteiger partial charge on any atom is -0.345 e. The Morgan fingerprint density at radius 1 is 1.11 bits per heavy atom. The number of hydrogen-bond donors (Lipinski definition) is 2. The highest BCUT2D eigenvalue weighted by molar-refractivity contribution is 7.15. The molecule has 0 saturated heterocycles. The van der Waals surface area contributed by atoms with Gasteiger partial charge in [0.05, 0.1) is 0 Å². The van der Waals surface area contributed by atoms with E-state index >= 15 is 0 Å². The van der Waals surface area contributed by atoms with Gasteiger partial charge < -0.3 is 5.32 Å². The van der Waals surface area contributed by atoms with Crippen molar-refractivity contribution >= 4 is 28.3 Å². The van der Waals surface area contributed by atoms with Gasteiger partial charge in [0, 0.05) is 6.04 Å². The summed E-state index contributed by atoms with van der Waals surface area (Å²) < 4.78 is 0. The van der Waals surface area contributed by atoms with Crippen molar-refractivity contribution < 1.29 is 9.59 Å². The van der Waals surface area contributed by atoms with Crippen LogP contribution >= 0.6 is 11.3 Å². The van der Waals surface area contributed by atoms with Crippen LogP contribution in [-0.4, -0.2) is 28.1 Å². The zero-order valence-corrected chi connectivity index (χ0v) is 11.8. The second-order valence-corrected chi connectivity index (χ2v) is 5.92. The maximum atomic E-state index is 11.8. The molecule has 2 N–H and O–H groups in total. The Balaban J connectivity index is 1.83. The van der Waals surface area contributed by atoms with E-state index in [0.29, 0.717) is 5.13 Å². The summed E-state index contributed by atoms with van der Waals surface area (Å²) in [5.74, 6) is -1.25. The first-order chi connectivity index (χ1) is 9.15. The number of hydrogen-bond acceptors (Lipinski definition) is 5. The molecule has 0 spiro atoms. The molecule has 1 aliphatic rings. The molecule has 0 unspecified atom stereocenters. The smallest absolute Gasteiger partial charge is 0.315 e. The van der Waals surface area contributed by atoms with Crippen LogP contribution in [0.2, 0.25) is 0 Å². The highest BCUT2D eigenvalue weighted by Crippen LogP contribution is 2.17. The van der Waals surface area contributed by atoms with E-state index in [1.165, 1.54) is 24.2 Å². The summed E-state index contributed by atoms with van der Waals surface area (Å²) in [5, 5.41) is 13.9. The molecule has 1 aliphatic carbocycles. The number of rotatable bonds is 2. The summed E-state index contributed by atoms with van der Waals surface area (Å²) in [6, 6.07) is 0.122. The van der Waals surface area contributed by atoms with Gasteiger partial charge >= 0.3 is 11.8 Å². The Morgan fingerprint density at radius 2 is 1.79 bits per heavy atom. The van der Waals surface area contributed by atoms with Gasteiger partial charge in [-0.25, -0.2) is 0 Å². The molecule has 7 heteroatoms. The number of aromatic nitrogens is 2. The van der Waals surface area contributed by atoms with Crippen molar-refractivity contribution in [3.63, 3.8) is 0 Å². The minimum absolute atomic E-state index is 0.122. The predicted octanol–water partition coefficient (Wildman–Crippen LogP) is 1.62. The van der Waals surface area contributed by atoms with Gasteiger partial charge in [-0.1, -0.05) is 37.0 Å². The topological polar surface area (TPSA) is 84.0 Å². The van der Waals surface area contributed by atoms with Crippen molar-refractivity contribution in [1.29, 1.82) is 0 Å². The molecular weight excluding hydrogens is 264 g/mol. The lowest BCUT2D eigenvalue weighted by atomic mass is 10.1. The lowest BCUT2D eigenvalue weighted by Crippen LogP contribution is -2.41. The summed E-state index contributed by atoms with van der Waals surface area (Å²) in [4.78, 5) is 23.5. The average molecular weight is 282 g/mol. The van der Waals surface area contributed by atoms with Gasteiger partial charge in [0.2, 0.25) is 5.13 Å². The first kappa shape index (κ1) is 13.9. The minimum atomic E-state index is -0.666. The summed E-state index contributed by atoms with van der Waals surface area (Å²) in [6.07, 6.45) is 6.56. The second-order valence-electron chi connectivity index (χ2n) is 4.74. The van der Waals surface area contributed by atoms with Crippen molar-refractivity contribution in [2.24, 2.45) is 0 Å². The predicted molar refractivity (Wildman–Crippen MR) is 72.9 cm³/mol. The van der Waals surface area contributed by atoms with Gasteiger partial charge in [-0.15, -0.1) is 10.2 Å². The fourth-order valence-corrected chi connectivity index (χ4v) is 2.76. The molecular formula is C12H18N4O2S. The summed E-state index contributed by atoms with van der Waals surface area (Å²) in [6.45, 7) is 1.79. The van der Waals surface area contributed by atoms with E-state index in [9.17, 15) is 9.59 Å². The molecule has 0 aliphatic heterocycles. The van der Waals surface area contributed by atoms with E-state index < -0.39 is 11.8 Å². The maximum Gasteiger partial charge on any atom is 0.315 e. The molecule has 19 heavy (non-hydrogen) atoms. The number of carbonyl (C=O) groups is 2. The van der Waals surface area contributed by atoms with Crippen LogP contribution in [0, 0.1) is 6.92 Å². The van der Waals surface area contributed by atoms with Crippen molar-refractivity contribution in [3.05, 3.63) is 5.01 Å². The Bertz CT molecular complexity index is 452. The molecule has 1 saturated carbocycles. The van der Waals surface area contributed by atoms with E-state index in [-0.39, 0.29) is 6.04 Å². The largest absolute Gasteiger partial charge is 0.345 e. The van der Waals surface area contributed by atoms with E-state index in [1.807, 2.05) is 0 Å². The van der Waals surface area contributed by atoms with E-state index in [0.717, 1.165) is 30.7 Å². The number of amides is 2. The van der Waals surface area contributed by atoms with Crippen LogP contribution in [0.4, 0.5) is 5.13 Å². The van der Waals surface area contributed by atoms with Crippen molar-refractivity contribution in [2.45, 2.75) is 51.5 Å². The fourth-order valence-electron chi connectivity index (χ4n) is 2.18.